The van der Waals surface area contributed by atoms with Crippen LogP contribution in [0, 0.1) is 5.92 Å². The van der Waals surface area contributed by atoms with E-state index in [0.717, 1.165) is 39.0 Å². The van der Waals surface area contributed by atoms with Crippen LogP contribution < -0.4 is 0 Å². The van der Waals surface area contributed by atoms with E-state index in [-0.39, 0.29) is 17.9 Å². The summed E-state index contributed by atoms with van der Waals surface area (Å²) in [4.78, 5) is 16.7. The van der Waals surface area contributed by atoms with Crippen LogP contribution in [0.1, 0.15) is 26.2 Å². The minimum atomic E-state index is -0.253. The standard InChI is InChI=1S/C13H24N2O2S/c1-10(18-2)14-5-7-15(8-6-14)13(17)11-3-4-12(16)9-11/h10-12,16H,3-9H2,1-2H3. The first-order chi connectivity index (χ1) is 8.61. The molecule has 2 rings (SSSR count). The van der Waals surface area contributed by atoms with Crippen LogP contribution in [0.5, 0.6) is 0 Å². The molecule has 18 heavy (non-hydrogen) atoms. The first-order valence-corrected chi connectivity index (χ1v) is 8.14. The molecule has 0 spiro atoms. The molecule has 0 aromatic rings. The van der Waals surface area contributed by atoms with E-state index in [1.54, 1.807) is 0 Å². The van der Waals surface area contributed by atoms with Crippen LogP contribution in [0.4, 0.5) is 0 Å². The Hall–Kier alpha value is -0.260. The molecule has 1 heterocycles. The lowest BCUT2D eigenvalue weighted by molar-refractivity contribution is -0.137. The number of carbonyl (C=O) groups is 1. The largest absolute Gasteiger partial charge is 0.393 e. The highest BCUT2D eigenvalue weighted by molar-refractivity contribution is 7.99. The summed E-state index contributed by atoms with van der Waals surface area (Å²) in [5.41, 5.74) is 0. The molecule has 0 bridgehead atoms. The first kappa shape index (κ1) is 14.2. The number of hydrogen-bond acceptors (Lipinski definition) is 4. The van der Waals surface area contributed by atoms with Crippen molar-refractivity contribution in [3.8, 4) is 0 Å². The smallest absolute Gasteiger partial charge is 0.225 e. The highest BCUT2D eigenvalue weighted by Crippen LogP contribution is 2.27. The van der Waals surface area contributed by atoms with E-state index in [9.17, 15) is 9.90 Å². The molecule has 2 aliphatic rings. The van der Waals surface area contributed by atoms with Crippen LogP contribution in [-0.4, -0.2) is 64.7 Å². The Balaban J connectivity index is 1.80. The van der Waals surface area contributed by atoms with E-state index in [4.69, 9.17) is 0 Å². The quantitative estimate of drug-likeness (QED) is 0.832. The number of hydrogen-bond donors (Lipinski definition) is 1. The maximum atomic E-state index is 12.3. The van der Waals surface area contributed by atoms with Gasteiger partial charge in [0.25, 0.3) is 0 Å². The molecule has 2 fully saturated rings. The molecule has 0 radical (unpaired) electrons. The average Bonchev–Trinajstić information content (AvgIpc) is 2.84. The SMILES string of the molecule is CSC(C)N1CCN(C(=O)C2CCC(O)C2)CC1. The van der Waals surface area contributed by atoms with Gasteiger partial charge in [0.15, 0.2) is 0 Å². The summed E-state index contributed by atoms with van der Waals surface area (Å²) >= 11 is 1.86. The molecule has 1 aliphatic heterocycles. The zero-order valence-electron chi connectivity index (χ0n) is 11.3. The second-order valence-corrected chi connectivity index (χ2v) is 6.51. The van der Waals surface area contributed by atoms with E-state index in [1.807, 2.05) is 16.7 Å². The molecule has 3 unspecified atom stereocenters. The van der Waals surface area contributed by atoms with Crippen molar-refractivity contribution in [3.63, 3.8) is 0 Å². The Morgan fingerprint density at radius 2 is 1.94 bits per heavy atom. The van der Waals surface area contributed by atoms with Gasteiger partial charge in [-0.15, -0.1) is 11.8 Å². The molecule has 1 amide bonds. The third-order valence-corrected chi connectivity index (χ3v) is 5.22. The molecule has 4 nitrogen and oxygen atoms in total. The molecule has 1 saturated carbocycles. The third-order valence-electron chi connectivity index (χ3n) is 4.24. The van der Waals surface area contributed by atoms with Crippen LogP contribution >= 0.6 is 11.8 Å². The van der Waals surface area contributed by atoms with Crippen LogP contribution in [0.3, 0.4) is 0 Å². The average molecular weight is 272 g/mol. The van der Waals surface area contributed by atoms with E-state index < -0.39 is 0 Å². The molecule has 5 heteroatoms. The van der Waals surface area contributed by atoms with E-state index in [2.05, 4.69) is 18.1 Å². The van der Waals surface area contributed by atoms with Crippen molar-refractivity contribution < 1.29 is 9.90 Å². The normalized spacial score (nSPS) is 31.6. The number of thioether (sulfide) groups is 1. The fraction of sp³-hybridized carbons (Fsp3) is 0.923. The van der Waals surface area contributed by atoms with E-state index >= 15 is 0 Å². The van der Waals surface area contributed by atoms with Gasteiger partial charge in [0.1, 0.15) is 0 Å². The molecule has 1 aliphatic carbocycles. The number of carbonyl (C=O) groups excluding carboxylic acids is 1. The van der Waals surface area contributed by atoms with Gasteiger partial charge in [-0.25, -0.2) is 0 Å². The van der Waals surface area contributed by atoms with Crippen molar-refractivity contribution in [3.05, 3.63) is 0 Å². The van der Waals surface area contributed by atoms with Gasteiger partial charge in [-0.1, -0.05) is 0 Å². The molecular weight excluding hydrogens is 248 g/mol. The third kappa shape index (κ3) is 3.19. The summed E-state index contributed by atoms with van der Waals surface area (Å²) in [6.07, 6.45) is 4.20. The Kier molecular flexibility index (Phi) is 4.92. The number of amides is 1. The van der Waals surface area contributed by atoms with Crippen molar-refractivity contribution in [1.29, 1.82) is 0 Å². The summed E-state index contributed by atoms with van der Waals surface area (Å²) in [7, 11) is 0. The van der Waals surface area contributed by atoms with Crippen LogP contribution in [-0.2, 0) is 4.79 Å². The van der Waals surface area contributed by atoms with Gasteiger partial charge in [-0.2, -0.15) is 0 Å². The minimum absolute atomic E-state index is 0.0736. The molecule has 0 aromatic carbocycles. The van der Waals surface area contributed by atoms with Crippen LogP contribution in [0.25, 0.3) is 0 Å². The predicted octanol–water partition coefficient (Wildman–Crippen LogP) is 1.00. The molecule has 104 valence electrons. The monoisotopic (exact) mass is 272 g/mol. The Morgan fingerprint density at radius 1 is 1.28 bits per heavy atom. The first-order valence-electron chi connectivity index (χ1n) is 6.85. The van der Waals surface area contributed by atoms with Crippen molar-refractivity contribution in [2.45, 2.75) is 37.7 Å². The van der Waals surface area contributed by atoms with Gasteiger partial charge in [0.2, 0.25) is 5.91 Å². The lowest BCUT2D eigenvalue weighted by Crippen LogP contribution is -2.51. The highest BCUT2D eigenvalue weighted by Gasteiger charge is 2.33. The Morgan fingerprint density at radius 3 is 2.44 bits per heavy atom. The number of rotatable bonds is 3. The van der Waals surface area contributed by atoms with Gasteiger partial charge in [0, 0.05) is 32.1 Å². The fourth-order valence-corrected chi connectivity index (χ4v) is 3.40. The molecule has 3 atom stereocenters. The Labute approximate surface area is 114 Å². The Bertz CT molecular complexity index is 293. The van der Waals surface area contributed by atoms with Gasteiger partial charge < -0.3 is 10.0 Å². The lowest BCUT2D eigenvalue weighted by atomic mass is 10.1. The molecule has 0 aromatic heterocycles. The van der Waals surface area contributed by atoms with Crippen LogP contribution in [0.15, 0.2) is 0 Å². The summed E-state index contributed by atoms with van der Waals surface area (Å²) < 4.78 is 0. The van der Waals surface area contributed by atoms with Gasteiger partial charge in [-0.05, 0) is 32.4 Å². The molecular formula is C13H24N2O2S. The zero-order chi connectivity index (χ0) is 13.1. The maximum Gasteiger partial charge on any atom is 0.225 e. The summed E-state index contributed by atoms with van der Waals surface area (Å²) in [5, 5.41) is 10.0. The summed E-state index contributed by atoms with van der Waals surface area (Å²) in [5.74, 6) is 0.340. The van der Waals surface area contributed by atoms with Crippen molar-refractivity contribution in [1.82, 2.24) is 9.80 Å². The molecule has 1 N–H and O–H groups in total. The topological polar surface area (TPSA) is 43.8 Å². The van der Waals surface area contributed by atoms with Crippen molar-refractivity contribution in [2.24, 2.45) is 5.92 Å². The fourth-order valence-electron chi connectivity index (χ4n) is 2.90. The highest BCUT2D eigenvalue weighted by atomic mass is 32.2. The number of nitrogens with zero attached hydrogens (tertiary/aromatic N) is 2. The summed E-state index contributed by atoms with van der Waals surface area (Å²) in [6, 6.07) is 0. The van der Waals surface area contributed by atoms with Gasteiger partial charge >= 0.3 is 0 Å². The second kappa shape index (κ2) is 6.26. The second-order valence-electron chi connectivity index (χ2n) is 5.36. The maximum absolute atomic E-state index is 12.3. The van der Waals surface area contributed by atoms with E-state index in [1.165, 1.54) is 0 Å². The summed E-state index contributed by atoms with van der Waals surface area (Å²) in [6.45, 7) is 5.86. The van der Waals surface area contributed by atoms with Crippen molar-refractivity contribution >= 4 is 17.7 Å². The zero-order valence-corrected chi connectivity index (χ0v) is 12.2. The van der Waals surface area contributed by atoms with E-state index in [0.29, 0.717) is 11.8 Å². The number of aliphatic hydroxyl groups is 1. The minimum Gasteiger partial charge on any atom is -0.393 e. The number of aliphatic hydroxyl groups excluding tert-OH is 1. The number of piperazine rings is 1. The predicted molar refractivity (Wildman–Crippen MR) is 74.5 cm³/mol. The van der Waals surface area contributed by atoms with Gasteiger partial charge in [0.05, 0.1) is 11.5 Å². The molecule has 1 saturated heterocycles. The van der Waals surface area contributed by atoms with Gasteiger partial charge in [-0.3, -0.25) is 9.69 Å². The van der Waals surface area contributed by atoms with Crippen LogP contribution in [0.2, 0.25) is 0 Å². The van der Waals surface area contributed by atoms with Crippen molar-refractivity contribution in [2.75, 3.05) is 32.4 Å². The lowest BCUT2D eigenvalue weighted by Gasteiger charge is -2.38.